The van der Waals surface area contributed by atoms with E-state index in [1.807, 2.05) is 68.4 Å². The number of H-pyrrole nitrogens is 1. The maximum atomic E-state index is 13.5. The van der Waals surface area contributed by atoms with Gasteiger partial charge in [-0.25, -0.2) is 14.8 Å². The Balaban J connectivity index is 1.13. The second-order valence-electron chi connectivity index (χ2n) is 12.8. The number of ether oxygens (including phenoxy) is 1. The summed E-state index contributed by atoms with van der Waals surface area (Å²) in [6.45, 7) is 6.49. The van der Waals surface area contributed by atoms with Crippen LogP contribution in [0.4, 0.5) is 10.5 Å². The van der Waals surface area contributed by atoms with Crippen molar-refractivity contribution in [2.45, 2.75) is 64.6 Å². The molecule has 48 heavy (non-hydrogen) atoms. The van der Waals surface area contributed by atoms with Crippen LogP contribution in [0.25, 0.3) is 33.4 Å². The van der Waals surface area contributed by atoms with Gasteiger partial charge in [0.05, 0.1) is 36.3 Å². The molecule has 2 unspecified atom stereocenters. The average Bonchev–Trinajstić information content (AvgIpc) is 3.88. The summed E-state index contributed by atoms with van der Waals surface area (Å²) in [5.41, 5.74) is 5.04. The first kappa shape index (κ1) is 32.7. The van der Waals surface area contributed by atoms with Gasteiger partial charge in [-0.3, -0.25) is 14.4 Å². The molecule has 0 spiro atoms. The predicted molar refractivity (Wildman–Crippen MR) is 182 cm³/mol. The topological polar surface area (TPSA) is 150 Å². The number of anilines is 1. The Morgan fingerprint density at radius 3 is 2.40 bits per heavy atom. The van der Waals surface area contributed by atoms with Gasteiger partial charge in [-0.15, -0.1) is 0 Å². The highest BCUT2D eigenvalue weighted by molar-refractivity contribution is 5.99. The van der Waals surface area contributed by atoms with Gasteiger partial charge in [-0.05, 0) is 61.4 Å². The number of aromatic amines is 1. The average molecular weight is 652 g/mol. The molecule has 4 amide bonds. The number of nitrogens with zero attached hydrogens (tertiary/aromatic N) is 4. The molecule has 3 atom stereocenters. The molecule has 2 aromatic heterocycles. The summed E-state index contributed by atoms with van der Waals surface area (Å²) < 4.78 is 4.74. The van der Waals surface area contributed by atoms with Gasteiger partial charge in [0.2, 0.25) is 17.7 Å². The molecule has 250 valence electrons. The number of hydrogen-bond acceptors (Lipinski definition) is 7. The van der Waals surface area contributed by atoms with Crippen molar-refractivity contribution in [2.75, 3.05) is 25.5 Å². The number of alkyl carbamates (subject to hydrolysis) is 1. The van der Waals surface area contributed by atoms with E-state index in [9.17, 15) is 19.2 Å². The van der Waals surface area contributed by atoms with Crippen LogP contribution in [0.2, 0.25) is 0 Å². The lowest BCUT2D eigenvalue weighted by Gasteiger charge is -2.30. The fourth-order valence-corrected chi connectivity index (χ4v) is 6.67. The van der Waals surface area contributed by atoms with Crippen molar-refractivity contribution in [3.63, 3.8) is 0 Å². The Morgan fingerprint density at radius 1 is 0.938 bits per heavy atom. The summed E-state index contributed by atoms with van der Waals surface area (Å²) >= 11 is 0. The Morgan fingerprint density at radius 2 is 1.67 bits per heavy atom. The summed E-state index contributed by atoms with van der Waals surface area (Å²) in [5.74, 6) is 0.216. The second kappa shape index (κ2) is 13.8. The summed E-state index contributed by atoms with van der Waals surface area (Å²) in [4.78, 5) is 66.5. The lowest BCUT2D eigenvalue weighted by atomic mass is 10.0. The number of nitrogens with one attached hydrogen (secondary N) is 3. The highest BCUT2D eigenvalue weighted by Gasteiger charge is 2.37. The molecule has 0 radical (unpaired) electrons. The van der Waals surface area contributed by atoms with Crippen LogP contribution in [0.15, 0.2) is 60.8 Å². The number of likely N-dealkylation sites (tertiary alicyclic amines) is 2. The van der Waals surface area contributed by atoms with Crippen LogP contribution in [0.1, 0.15) is 58.3 Å². The lowest BCUT2D eigenvalue weighted by molar-refractivity contribution is -0.135. The van der Waals surface area contributed by atoms with Crippen molar-refractivity contribution in [2.24, 2.45) is 5.92 Å². The highest BCUT2D eigenvalue weighted by Crippen LogP contribution is 2.33. The molecular weight excluding hydrogens is 610 g/mol. The van der Waals surface area contributed by atoms with E-state index in [1.54, 1.807) is 16.0 Å². The number of carbonyl (C=O) groups is 4. The van der Waals surface area contributed by atoms with Crippen molar-refractivity contribution in [3.8, 4) is 22.5 Å². The normalized spacial score (nSPS) is 18.3. The van der Waals surface area contributed by atoms with E-state index >= 15 is 0 Å². The number of amides is 4. The molecule has 0 bridgehead atoms. The van der Waals surface area contributed by atoms with Crippen molar-refractivity contribution >= 4 is 40.4 Å². The van der Waals surface area contributed by atoms with Gasteiger partial charge < -0.3 is 30.2 Å². The number of fused-ring (bicyclic) bond motifs is 1. The minimum atomic E-state index is -0.687. The summed E-state index contributed by atoms with van der Waals surface area (Å²) in [7, 11) is 1.29. The number of pyridine rings is 1. The van der Waals surface area contributed by atoms with E-state index in [-0.39, 0.29) is 29.7 Å². The number of aromatic nitrogens is 3. The molecule has 12 nitrogen and oxygen atoms in total. The van der Waals surface area contributed by atoms with Crippen molar-refractivity contribution in [1.29, 1.82) is 0 Å². The van der Waals surface area contributed by atoms with Crippen LogP contribution < -0.4 is 10.6 Å². The molecule has 4 heterocycles. The van der Waals surface area contributed by atoms with Crippen LogP contribution in [0, 0.1) is 5.92 Å². The van der Waals surface area contributed by atoms with Crippen molar-refractivity contribution < 1.29 is 23.9 Å². The molecule has 2 aliphatic heterocycles. The number of carbonyl (C=O) groups excluding carboxylic acids is 4. The van der Waals surface area contributed by atoms with Gasteiger partial charge >= 0.3 is 6.09 Å². The van der Waals surface area contributed by atoms with Gasteiger partial charge in [0, 0.05) is 36.7 Å². The van der Waals surface area contributed by atoms with E-state index in [0.717, 1.165) is 52.7 Å². The standard InChI is InChI=1S/C36H41N7O5/c1-21(2)32(41-36(47)48-4)35(46)43-18-5-7-30(43)33-37-20-29(40-33)24-11-9-23(10-12-24)27-15-13-25-19-26(14-16-28(25)39-27)38-34(45)31-8-6-17-42(31)22(3)44/h9-16,19-21,30-32H,5-8,17-18H2,1-4H3,(H,37,40)(H,38,45)(H,41,47)/t30?,31?,32-/m0/s1. The van der Waals surface area contributed by atoms with E-state index in [1.165, 1.54) is 14.0 Å². The Labute approximate surface area is 279 Å². The molecule has 4 aromatic rings. The molecule has 2 aromatic carbocycles. The van der Waals surface area contributed by atoms with E-state index in [4.69, 9.17) is 9.72 Å². The van der Waals surface area contributed by atoms with Gasteiger partial charge in [0.25, 0.3) is 0 Å². The maximum absolute atomic E-state index is 13.5. The zero-order valence-corrected chi connectivity index (χ0v) is 27.7. The Hall–Kier alpha value is -5.26. The van der Waals surface area contributed by atoms with Gasteiger partial charge in [0.1, 0.15) is 17.9 Å². The molecule has 3 N–H and O–H groups in total. The molecular formula is C36H41N7O5. The highest BCUT2D eigenvalue weighted by atomic mass is 16.5. The monoisotopic (exact) mass is 651 g/mol. The molecule has 6 rings (SSSR count). The van der Waals surface area contributed by atoms with Crippen LogP contribution in [0.5, 0.6) is 0 Å². The molecule has 2 aliphatic rings. The van der Waals surface area contributed by atoms with Gasteiger partial charge in [-0.2, -0.15) is 0 Å². The molecule has 2 fully saturated rings. The lowest BCUT2D eigenvalue weighted by Crippen LogP contribution is -2.51. The fraction of sp³-hybridized carbons (Fsp3) is 0.389. The molecule has 2 saturated heterocycles. The third kappa shape index (κ3) is 6.73. The zero-order chi connectivity index (χ0) is 33.9. The van der Waals surface area contributed by atoms with Crippen LogP contribution >= 0.6 is 0 Å². The number of rotatable bonds is 8. The molecule has 12 heteroatoms. The third-order valence-electron chi connectivity index (χ3n) is 9.25. The predicted octanol–water partition coefficient (Wildman–Crippen LogP) is 5.29. The largest absolute Gasteiger partial charge is 0.453 e. The second-order valence-corrected chi connectivity index (χ2v) is 12.8. The zero-order valence-electron chi connectivity index (χ0n) is 27.7. The SMILES string of the molecule is COC(=O)N[C@H](C(=O)N1CCCC1c1ncc(-c2ccc(-c3ccc4cc(NC(=O)C5CCCN5C(C)=O)ccc4n3)cc2)[nH]1)C(C)C. The smallest absolute Gasteiger partial charge is 0.407 e. The summed E-state index contributed by atoms with van der Waals surface area (Å²) in [6, 6.07) is 16.3. The van der Waals surface area contributed by atoms with Crippen LogP contribution in [0.3, 0.4) is 0 Å². The fourth-order valence-electron chi connectivity index (χ4n) is 6.67. The van der Waals surface area contributed by atoms with Crippen molar-refractivity contribution in [1.82, 2.24) is 30.1 Å². The number of benzene rings is 2. The minimum Gasteiger partial charge on any atom is -0.453 e. The van der Waals surface area contributed by atoms with Crippen LogP contribution in [-0.4, -0.2) is 80.8 Å². The number of hydrogen-bond donors (Lipinski definition) is 3. The summed E-state index contributed by atoms with van der Waals surface area (Å²) in [5, 5.41) is 6.55. The van der Waals surface area contributed by atoms with Crippen LogP contribution in [-0.2, 0) is 19.1 Å². The molecule has 0 aliphatic carbocycles. The van der Waals surface area contributed by atoms with Crippen molar-refractivity contribution in [3.05, 3.63) is 66.6 Å². The first-order valence-electron chi connectivity index (χ1n) is 16.4. The first-order valence-corrected chi connectivity index (χ1v) is 16.4. The number of methoxy groups -OCH3 is 1. The minimum absolute atomic E-state index is 0.0818. The van der Waals surface area contributed by atoms with Gasteiger partial charge in [0.15, 0.2) is 0 Å². The Kier molecular flexibility index (Phi) is 9.42. The first-order chi connectivity index (χ1) is 23.1. The maximum Gasteiger partial charge on any atom is 0.407 e. The van der Waals surface area contributed by atoms with E-state index < -0.39 is 18.2 Å². The van der Waals surface area contributed by atoms with E-state index in [0.29, 0.717) is 31.0 Å². The molecule has 0 saturated carbocycles. The quantitative estimate of drug-likeness (QED) is 0.235. The Bertz CT molecular complexity index is 1840. The summed E-state index contributed by atoms with van der Waals surface area (Å²) in [6.07, 6.45) is 4.28. The number of imidazole rings is 1. The van der Waals surface area contributed by atoms with Gasteiger partial charge in [-0.1, -0.05) is 44.2 Å². The van der Waals surface area contributed by atoms with E-state index in [2.05, 4.69) is 20.6 Å². The third-order valence-corrected chi connectivity index (χ3v) is 9.25.